The zero-order valence-corrected chi connectivity index (χ0v) is 9.66. The number of hydrogen-bond acceptors (Lipinski definition) is 2. The Kier molecular flexibility index (Phi) is 5.08. The van der Waals surface area contributed by atoms with Crippen molar-refractivity contribution >= 4 is 12.0 Å². The lowest BCUT2D eigenvalue weighted by molar-refractivity contribution is -0.139. The lowest BCUT2D eigenvalue weighted by Gasteiger charge is -2.14. The molecule has 0 aliphatic heterocycles. The van der Waals surface area contributed by atoms with Crippen LogP contribution in [0.2, 0.25) is 0 Å². The van der Waals surface area contributed by atoms with Gasteiger partial charge in [0.25, 0.3) is 0 Å². The van der Waals surface area contributed by atoms with E-state index in [1.54, 1.807) is 0 Å². The lowest BCUT2D eigenvalue weighted by Crippen LogP contribution is -2.46. The molecule has 16 heavy (non-hydrogen) atoms. The number of carboxylic acids is 1. The van der Waals surface area contributed by atoms with Gasteiger partial charge in [0.05, 0.1) is 0 Å². The molecule has 0 bridgehead atoms. The molecule has 92 valence electrons. The van der Waals surface area contributed by atoms with Crippen molar-refractivity contribution in [3.05, 3.63) is 0 Å². The van der Waals surface area contributed by atoms with Gasteiger partial charge in [0.1, 0.15) is 6.04 Å². The molecule has 0 heterocycles. The smallest absolute Gasteiger partial charge is 0.326 e. The monoisotopic (exact) mass is 228 g/mol. The van der Waals surface area contributed by atoms with E-state index in [1.807, 2.05) is 6.92 Å². The average molecular weight is 228 g/mol. The third-order valence-electron chi connectivity index (χ3n) is 2.70. The van der Waals surface area contributed by atoms with E-state index in [4.69, 9.17) is 5.11 Å². The number of aliphatic carboxylic acids is 1. The molecule has 0 aromatic rings. The summed E-state index contributed by atoms with van der Waals surface area (Å²) in [5, 5.41) is 14.1. The molecule has 1 rings (SSSR count). The Morgan fingerprint density at radius 3 is 2.62 bits per heavy atom. The van der Waals surface area contributed by atoms with Gasteiger partial charge >= 0.3 is 12.0 Å². The number of hydrogen-bond donors (Lipinski definition) is 3. The van der Waals surface area contributed by atoms with Crippen molar-refractivity contribution in [3.8, 4) is 0 Å². The van der Waals surface area contributed by atoms with Crippen LogP contribution in [-0.4, -0.2) is 29.7 Å². The molecule has 0 radical (unpaired) electrons. The van der Waals surface area contributed by atoms with Gasteiger partial charge in [-0.2, -0.15) is 0 Å². The number of nitrogens with one attached hydrogen (secondary N) is 2. The Morgan fingerprint density at radius 1 is 1.44 bits per heavy atom. The number of amides is 2. The Hall–Kier alpha value is -1.26. The van der Waals surface area contributed by atoms with Crippen LogP contribution in [0.3, 0.4) is 0 Å². The van der Waals surface area contributed by atoms with Gasteiger partial charge in [0, 0.05) is 6.54 Å². The molecule has 0 unspecified atom stereocenters. The van der Waals surface area contributed by atoms with E-state index in [0.29, 0.717) is 18.9 Å². The molecule has 1 fully saturated rings. The van der Waals surface area contributed by atoms with Gasteiger partial charge in [-0.15, -0.1) is 0 Å². The van der Waals surface area contributed by atoms with Crippen molar-refractivity contribution in [2.45, 2.75) is 45.1 Å². The van der Waals surface area contributed by atoms with Gasteiger partial charge in [-0.25, -0.2) is 9.59 Å². The van der Waals surface area contributed by atoms with E-state index in [9.17, 15) is 9.59 Å². The minimum atomic E-state index is -0.963. The van der Waals surface area contributed by atoms with E-state index in [2.05, 4.69) is 10.6 Å². The second kappa shape index (κ2) is 6.35. The fourth-order valence-corrected chi connectivity index (χ4v) is 1.43. The number of rotatable bonds is 7. The highest BCUT2D eigenvalue weighted by Gasteiger charge is 2.23. The van der Waals surface area contributed by atoms with Crippen molar-refractivity contribution in [2.24, 2.45) is 5.92 Å². The summed E-state index contributed by atoms with van der Waals surface area (Å²) in [6.45, 7) is 2.65. The van der Waals surface area contributed by atoms with Gasteiger partial charge in [-0.1, -0.05) is 19.8 Å². The highest BCUT2D eigenvalue weighted by molar-refractivity contribution is 5.82. The molecule has 0 aromatic heterocycles. The first kappa shape index (κ1) is 12.8. The fraction of sp³-hybridized carbons (Fsp3) is 0.818. The summed E-state index contributed by atoms with van der Waals surface area (Å²) < 4.78 is 0. The minimum Gasteiger partial charge on any atom is -0.480 e. The highest BCUT2D eigenvalue weighted by atomic mass is 16.4. The van der Waals surface area contributed by atoms with Crippen LogP contribution in [0.25, 0.3) is 0 Å². The molecule has 5 heteroatoms. The molecule has 2 amide bonds. The summed E-state index contributed by atoms with van der Waals surface area (Å²) >= 11 is 0. The molecular weight excluding hydrogens is 208 g/mol. The minimum absolute atomic E-state index is 0.365. The Bertz CT molecular complexity index is 252. The van der Waals surface area contributed by atoms with Crippen molar-refractivity contribution < 1.29 is 14.7 Å². The first-order valence-corrected chi connectivity index (χ1v) is 5.90. The van der Waals surface area contributed by atoms with Crippen LogP contribution in [0.5, 0.6) is 0 Å². The maximum absolute atomic E-state index is 11.4. The van der Waals surface area contributed by atoms with Crippen LogP contribution in [0, 0.1) is 5.92 Å². The fourth-order valence-electron chi connectivity index (χ4n) is 1.43. The largest absolute Gasteiger partial charge is 0.480 e. The summed E-state index contributed by atoms with van der Waals surface area (Å²) in [7, 11) is 0. The lowest BCUT2D eigenvalue weighted by atomic mass is 10.1. The SMILES string of the molecule is CCCC[C@H](NC(=O)NCC1CC1)C(=O)O. The summed E-state index contributed by atoms with van der Waals surface area (Å²) in [6.07, 6.45) is 4.55. The number of unbranched alkanes of at least 4 members (excludes halogenated alkanes) is 1. The Labute approximate surface area is 95.6 Å². The van der Waals surface area contributed by atoms with Gasteiger partial charge in [0.15, 0.2) is 0 Å². The standard InChI is InChI=1S/C11H20N2O3/c1-2-3-4-9(10(14)15)13-11(16)12-7-8-5-6-8/h8-9H,2-7H2,1H3,(H,14,15)(H2,12,13,16)/t9-/m0/s1. The van der Waals surface area contributed by atoms with Crippen LogP contribution in [0.15, 0.2) is 0 Å². The van der Waals surface area contributed by atoms with E-state index < -0.39 is 12.0 Å². The predicted molar refractivity (Wildman–Crippen MR) is 60.2 cm³/mol. The summed E-state index contributed by atoms with van der Waals surface area (Å²) in [5.74, 6) is -0.361. The van der Waals surface area contributed by atoms with E-state index in [0.717, 1.165) is 12.8 Å². The van der Waals surface area contributed by atoms with Gasteiger partial charge in [-0.3, -0.25) is 0 Å². The summed E-state index contributed by atoms with van der Waals surface area (Å²) in [6, 6.07) is -1.13. The van der Waals surface area contributed by atoms with E-state index >= 15 is 0 Å². The summed E-state index contributed by atoms with van der Waals surface area (Å²) in [4.78, 5) is 22.2. The molecular formula is C11H20N2O3. The molecule has 1 saturated carbocycles. The molecule has 1 atom stereocenters. The van der Waals surface area contributed by atoms with Crippen LogP contribution < -0.4 is 10.6 Å². The van der Waals surface area contributed by atoms with Gasteiger partial charge < -0.3 is 15.7 Å². The highest BCUT2D eigenvalue weighted by Crippen LogP contribution is 2.27. The predicted octanol–water partition coefficient (Wildman–Crippen LogP) is 1.34. The molecule has 1 aliphatic carbocycles. The zero-order valence-electron chi connectivity index (χ0n) is 9.66. The van der Waals surface area contributed by atoms with Crippen LogP contribution in [-0.2, 0) is 4.79 Å². The number of carboxylic acid groups (broad SMARTS) is 1. The normalized spacial score (nSPS) is 16.6. The van der Waals surface area contributed by atoms with Crippen LogP contribution in [0.1, 0.15) is 39.0 Å². The Morgan fingerprint density at radius 2 is 2.12 bits per heavy atom. The molecule has 5 nitrogen and oxygen atoms in total. The third kappa shape index (κ3) is 5.00. The average Bonchev–Trinajstić information content (AvgIpc) is 3.04. The molecule has 3 N–H and O–H groups in total. The van der Waals surface area contributed by atoms with Gasteiger partial charge in [-0.05, 0) is 25.2 Å². The molecule has 0 aromatic carbocycles. The first-order chi connectivity index (χ1) is 7.63. The summed E-state index contributed by atoms with van der Waals surface area (Å²) in [5.41, 5.74) is 0. The maximum Gasteiger partial charge on any atom is 0.326 e. The first-order valence-electron chi connectivity index (χ1n) is 5.90. The van der Waals surface area contributed by atoms with Crippen LogP contribution in [0.4, 0.5) is 4.79 Å². The Balaban J connectivity index is 2.22. The second-order valence-corrected chi connectivity index (χ2v) is 4.33. The number of carbonyl (C=O) groups excluding carboxylic acids is 1. The van der Waals surface area contributed by atoms with E-state index in [1.165, 1.54) is 12.8 Å². The quantitative estimate of drug-likeness (QED) is 0.615. The molecule has 1 aliphatic rings. The topological polar surface area (TPSA) is 78.4 Å². The maximum atomic E-state index is 11.4. The van der Waals surface area contributed by atoms with Crippen molar-refractivity contribution in [2.75, 3.05) is 6.54 Å². The van der Waals surface area contributed by atoms with Crippen molar-refractivity contribution in [1.82, 2.24) is 10.6 Å². The van der Waals surface area contributed by atoms with E-state index in [-0.39, 0.29) is 6.03 Å². The van der Waals surface area contributed by atoms with Gasteiger partial charge in [0.2, 0.25) is 0 Å². The molecule has 0 spiro atoms. The number of carbonyl (C=O) groups is 2. The molecule has 0 saturated heterocycles. The third-order valence-corrected chi connectivity index (χ3v) is 2.70. The zero-order chi connectivity index (χ0) is 12.0. The van der Waals surface area contributed by atoms with Crippen molar-refractivity contribution in [1.29, 1.82) is 0 Å². The number of urea groups is 1. The van der Waals surface area contributed by atoms with Crippen LogP contribution >= 0.6 is 0 Å². The second-order valence-electron chi connectivity index (χ2n) is 4.33. The van der Waals surface area contributed by atoms with Crippen molar-refractivity contribution in [3.63, 3.8) is 0 Å².